The first-order valence-electron chi connectivity index (χ1n) is 7.40. The summed E-state index contributed by atoms with van der Waals surface area (Å²) in [5, 5.41) is 0. The van der Waals surface area contributed by atoms with Crippen LogP contribution in [0.5, 0.6) is 0 Å². The van der Waals surface area contributed by atoms with Crippen LogP contribution in [0, 0.1) is 12.7 Å². The van der Waals surface area contributed by atoms with Crippen molar-refractivity contribution in [2.75, 3.05) is 6.54 Å². The van der Waals surface area contributed by atoms with Crippen LogP contribution in [0.2, 0.25) is 0 Å². The topological polar surface area (TPSA) is 29.5 Å². The average molecular weight is 380 g/mol. The molecule has 2 rings (SSSR count). The van der Waals surface area contributed by atoms with E-state index >= 15 is 0 Å². The van der Waals surface area contributed by atoms with E-state index in [4.69, 9.17) is 4.74 Å². The maximum atomic E-state index is 12.9. The van der Waals surface area contributed by atoms with Crippen molar-refractivity contribution in [3.05, 3.63) is 69.4 Å². The molecule has 122 valence electrons. The van der Waals surface area contributed by atoms with Crippen LogP contribution >= 0.6 is 15.9 Å². The second-order valence-electron chi connectivity index (χ2n) is 5.29. The van der Waals surface area contributed by atoms with Gasteiger partial charge in [-0.1, -0.05) is 45.8 Å². The third kappa shape index (κ3) is 5.06. The van der Waals surface area contributed by atoms with Crippen molar-refractivity contribution in [3.8, 4) is 0 Å². The van der Waals surface area contributed by atoms with Gasteiger partial charge < -0.3 is 9.64 Å². The molecule has 0 saturated carbocycles. The number of benzene rings is 2. The van der Waals surface area contributed by atoms with E-state index in [1.165, 1.54) is 12.1 Å². The van der Waals surface area contributed by atoms with E-state index in [1.54, 1.807) is 17.0 Å². The fourth-order valence-electron chi connectivity index (χ4n) is 2.15. The van der Waals surface area contributed by atoms with Gasteiger partial charge in [0.05, 0.1) is 6.54 Å². The molecule has 2 aromatic rings. The van der Waals surface area contributed by atoms with E-state index in [9.17, 15) is 9.18 Å². The zero-order chi connectivity index (χ0) is 16.8. The number of carbonyl (C=O) groups is 1. The molecule has 0 bridgehead atoms. The molecule has 0 spiro atoms. The number of rotatable bonds is 5. The van der Waals surface area contributed by atoms with Crippen molar-refractivity contribution >= 4 is 22.0 Å². The van der Waals surface area contributed by atoms with Gasteiger partial charge in [-0.15, -0.1) is 0 Å². The maximum absolute atomic E-state index is 12.9. The van der Waals surface area contributed by atoms with Crippen molar-refractivity contribution in [3.63, 3.8) is 0 Å². The molecule has 2 aromatic carbocycles. The molecule has 0 radical (unpaired) electrons. The van der Waals surface area contributed by atoms with Gasteiger partial charge in [0.2, 0.25) is 0 Å². The lowest BCUT2D eigenvalue weighted by Gasteiger charge is -2.21. The van der Waals surface area contributed by atoms with Crippen LogP contribution in [0.25, 0.3) is 0 Å². The van der Waals surface area contributed by atoms with Gasteiger partial charge in [0.15, 0.2) is 0 Å². The van der Waals surface area contributed by atoms with Gasteiger partial charge in [0.1, 0.15) is 12.4 Å². The van der Waals surface area contributed by atoms with E-state index in [0.29, 0.717) is 13.1 Å². The Morgan fingerprint density at radius 3 is 2.57 bits per heavy atom. The number of aryl methyl sites for hydroxylation is 1. The Hall–Kier alpha value is -1.88. The number of nitrogens with zero attached hydrogens (tertiary/aromatic N) is 1. The van der Waals surface area contributed by atoms with Crippen LogP contribution in [0.3, 0.4) is 0 Å². The van der Waals surface area contributed by atoms with E-state index in [0.717, 1.165) is 21.2 Å². The Balaban J connectivity index is 1.98. The molecule has 1 amide bonds. The number of amides is 1. The van der Waals surface area contributed by atoms with Gasteiger partial charge in [-0.05, 0) is 43.2 Å². The number of hydrogen-bond donors (Lipinski definition) is 0. The van der Waals surface area contributed by atoms with E-state index < -0.39 is 0 Å². The molecule has 0 atom stereocenters. The van der Waals surface area contributed by atoms with Crippen molar-refractivity contribution < 1.29 is 13.9 Å². The van der Waals surface area contributed by atoms with Crippen molar-refractivity contribution in [2.45, 2.75) is 27.0 Å². The zero-order valence-corrected chi connectivity index (χ0v) is 14.8. The Kier molecular flexibility index (Phi) is 6.16. The summed E-state index contributed by atoms with van der Waals surface area (Å²) in [5.41, 5.74) is 2.93. The van der Waals surface area contributed by atoms with Crippen molar-refractivity contribution in [2.24, 2.45) is 0 Å². The van der Waals surface area contributed by atoms with Crippen LogP contribution in [-0.4, -0.2) is 17.5 Å². The minimum Gasteiger partial charge on any atom is -0.445 e. The third-order valence-electron chi connectivity index (χ3n) is 3.48. The second-order valence-corrected chi connectivity index (χ2v) is 6.14. The number of ether oxygens (including phenoxy) is 1. The lowest BCUT2D eigenvalue weighted by molar-refractivity contribution is 0.0955. The molecule has 0 N–H and O–H groups in total. The first kappa shape index (κ1) is 17.5. The van der Waals surface area contributed by atoms with E-state index in [-0.39, 0.29) is 18.5 Å². The molecule has 23 heavy (non-hydrogen) atoms. The Bertz CT molecular complexity index is 673. The first-order chi connectivity index (χ1) is 11.0. The summed E-state index contributed by atoms with van der Waals surface area (Å²) in [7, 11) is 0. The van der Waals surface area contributed by atoms with Gasteiger partial charge in [-0.2, -0.15) is 0 Å². The molecule has 0 heterocycles. The van der Waals surface area contributed by atoms with Crippen LogP contribution in [0.15, 0.2) is 46.9 Å². The summed E-state index contributed by atoms with van der Waals surface area (Å²) >= 11 is 3.51. The van der Waals surface area contributed by atoms with E-state index in [1.807, 2.05) is 32.0 Å². The van der Waals surface area contributed by atoms with E-state index in [2.05, 4.69) is 15.9 Å². The molecular formula is C18H19BrFNO2. The molecule has 0 aliphatic heterocycles. The minimum absolute atomic E-state index is 0.130. The molecule has 0 aliphatic rings. The Morgan fingerprint density at radius 2 is 1.91 bits per heavy atom. The third-order valence-corrected chi connectivity index (χ3v) is 4.25. The predicted octanol–water partition coefficient (Wildman–Crippen LogP) is 5.06. The van der Waals surface area contributed by atoms with Crippen LogP contribution < -0.4 is 0 Å². The van der Waals surface area contributed by atoms with Gasteiger partial charge in [-0.3, -0.25) is 0 Å². The molecule has 0 fully saturated rings. The van der Waals surface area contributed by atoms with Gasteiger partial charge in [0.25, 0.3) is 0 Å². The molecule has 3 nitrogen and oxygen atoms in total. The SMILES string of the molecule is CCN(Cc1cc(C)ccc1Br)C(=O)OCc1ccc(F)cc1. The average Bonchev–Trinajstić information content (AvgIpc) is 2.54. The fourth-order valence-corrected chi connectivity index (χ4v) is 2.52. The highest BCUT2D eigenvalue weighted by Crippen LogP contribution is 2.20. The number of halogens is 2. The van der Waals surface area contributed by atoms with Crippen molar-refractivity contribution in [1.29, 1.82) is 0 Å². The highest BCUT2D eigenvalue weighted by molar-refractivity contribution is 9.10. The summed E-state index contributed by atoms with van der Waals surface area (Å²) < 4.78 is 19.1. The lowest BCUT2D eigenvalue weighted by atomic mass is 10.1. The van der Waals surface area contributed by atoms with Crippen LogP contribution in [0.4, 0.5) is 9.18 Å². The summed E-state index contributed by atoms with van der Waals surface area (Å²) in [5.74, 6) is -0.306. The van der Waals surface area contributed by atoms with Gasteiger partial charge in [-0.25, -0.2) is 9.18 Å². The molecule has 0 aromatic heterocycles. The lowest BCUT2D eigenvalue weighted by Crippen LogP contribution is -2.31. The normalized spacial score (nSPS) is 10.4. The molecule has 0 aliphatic carbocycles. The number of hydrogen-bond acceptors (Lipinski definition) is 2. The highest BCUT2D eigenvalue weighted by Gasteiger charge is 2.15. The Morgan fingerprint density at radius 1 is 1.22 bits per heavy atom. The summed E-state index contributed by atoms with van der Waals surface area (Å²) in [6, 6.07) is 11.9. The minimum atomic E-state index is -0.384. The Labute approximate surface area is 144 Å². The van der Waals surface area contributed by atoms with Gasteiger partial charge >= 0.3 is 6.09 Å². The fraction of sp³-hybridized carbons (Fsp3) is 0.278. The summed E-state index contributed by atoms with van der Waals surface area (Å²) in [6.07, 6.45) is -0.384. The van der Waals surface area contributed by atoms with Crippen LogP contribution in [0.1, 0.15) is 23.6 Å². The summed E-state index contributed by atoms with van der Waals surface area (Å²) in [4.78, 5) is 13.9. The molecular weight excluding hydrogens is 361 g/mol. The smallest absolute Gasteiger partial charge is 0.410 e. The van der Waals surface area contributed by atoms with Crippen molar-refractivity contribution in [1.82, 2.24) is 4.90 Å². The largest absolute Gasteiger partial charge is 0.445 e. The predicted molar refractivity (Wildman–Crippen MR) is 91.5 cm³/mol. The summed E-state index contributed by atoms with van der Waals surface area (Å²) in [6.45, 7) is 5.07. The molecule has 0 unspecified atom stereocenters. The monoisotopic (exact) mass is 379 g/mol. The molecule has 5 heteroatoms. The van der Waals surface area contributed by atoms with Gasteiger partial charge in [0, 0.05) is 11.0 Å². The zero-order valence-electron chi connectivity index (χ0n) is 13.2. The number of carbonyl (C=O) groups excluding carboxylic acids is 1. The maximum Gasteiger partial charge on any atom is 0.410 e. The highest BCUT2D eigenvalue weighted by atomic mass is 79.9. The second kappa shape index (κ2) is 8.11. The van der Waals surface area contributed by atoms with Crippen LogP contribution in [-0.2, 0) is 17.9 Å². The quantitative estimate of drug-likeness (QED) is 0.726. The first-order valence-corrected chi connectivity index (χ1v) is 8.20. The molecule has 0 saturated heterocycles. The standard InChI is InChI=1S/C18H19BrFNO2/c1-3-21(11-15-10-13(2)4-9-17(15)19)18(22)23-12-14-5-7-16(20)8-6-14/h4-10H,3,11-12H2,1-2H3.